The van der Waals surface area contributed by atoms with Crippen molar-refractivity contribution in [3.63, 3.8) is 0 Å². The number of hydrogen-bond donors (Lipinski definition) is 2. The Balaban J connectivity index is 2.71. The van der Waals surface area contributed by atoms with E-state index < -0.39 is 0 Å². The highest BCUT2D eigenvalue weighted by Gasteiger charge is 1.96. The molecule has 1 aromatic rings. The summed E-state index contributed by atoms with van der Waals surface area (Å²) in [5.41, 5.74) is 7.02. The van der Waals surface area contributed by atoms with Crippen molar-refractivity contribution < 1.29 is 4.79 Å². The van der Waals surface area contributed by atoms with E-state index >= 15 is 0 Å². The first-order valence-electron chi connectivity index (χ1n) is 3.77. The summed E-state index contributed by atoms with van der Waals surface area (Å²) in [6.07, 6.45) is 0.310. The van der Waals surface area contributed by atoms with Crippen molar-refractivity contribution in [3.8, 4) is 0 Å². The van der Waals surface area contributed by atoms with Gasteiger partial charge in [-0.2, -0.15) is 0 Å². The van der Waals surface area contributed by atoms with Crippen LogP contribution in [-0.4, -0.2) is 13.0 Å². The maximum atomic E-state index is 10.5. The van der Waals surface area contributed by atoms with Crippen LogP contribution in [0, 0.1) is 0 Å². The first kappa shape index (κ1) is 8.59. The second-order valence-corrected chi connectivity index (χ2v) is 2.59. The van der Waals surface area contributed by atoms with Crippen molar-refractivity contribution in [2.24, 2.45) is 5.73 Å². The molecule has 1 rings (SSSR count). The first-order chi connectivity index (χ1) is 5.72. The van der Waals surface area contributed by atoms with Crippen LogP contribution in [0.3, 0.4) is 0 Å². The molecule has 0 aliphatic rings. The second-order valence-electron chi connectivity index (χ2n) is 2.59. The van der Waals surface area contributed by atoms with Crippen LogP contribution >= 0.6 is 0 Å². The molecule has 64 valence electrons. The molecular formula is C9H12N2O. The van der Waals surface area contributed by atoms with Gasteiger partial charge in [0.25, 0.3) is 0 Å². The fraction of sp³-hybridized carbons (Fsp3) is 0.222. The van der Waals surface area contributed by atoms with Crippen molar-refractivity contribution in [1.82, 2.24) is 0 Å². The van der Waals surface area contributed by atoms with Crippen LogP contribution in [0.4, 0.5) is 5.69 Å². The topological polar surface area (TPSA) is 55.1 Å². The lowest BCUT2D eigenvalue weighted by atomic mass is 10.1. The number of benzene rings is 1. The Morgan fingerprint density at radius 2 is 2.00 bits per heavy atom. The van der Waals surface area contributed by atoms with E-state index in [1.807, 2.05) is 31.3 Å². The monoisotopic (exact) mass is 164 g/mol. The Kier molecular flexibility index (Phi) is 2.69. The Hall–Kier alpha value is -1.51. The summed E-state index contributed by atoms with van der Waals surface area (Å²) < 4.78 is 0. The molecule has 0 bridgehead atoms. The van der Waals surface area contributed by atoms with E-state index in [0.717, 1.165) is 11.3 Å². The van der Waals surface area contributed by atoms with Crippen molar-refractivity contribution in [2.75, 3.05) is 12.4 Å². The van der Waals surface area contributed by atoms with Crippen molar-refractivity contribution >= 4 is 11.6 Å². The molecule has 0 heterocycles. The molecule has 0 aromatic heterocycles. The number of primary amides is 1. The normalized spacial score (nSPS) is 9.42. The standard InChI is InChI=1S/C9H12N2O/c1-11-8-4-2-7(3-5-8)6-9(10)12/h2-5,11H,6H2,1H3,(H2,10,12). The fourth-order valence-electron chi connectivity index (χ4n) is 0.990. The highest BCUT2D eigenvalue weighted by molar-refractivity contribution is 5.76. The van der Waals surface area contributed by atoms with E-state index in [1.165, 1.54) is 0 Å². The van der Waals surface area contributed by atoms with Crippen LogP contribution in [0.5, 0.6) is 0 Å². The molecule has 3 nitrogen and oxygen atoms in total. The van der Waals surface area contributed by atoms with Crippen LogP contribution in [-0.2, 0) is 11.2 Å². The van der Waals surface area contributed by atoms with E-state index in [4.69, 9.17) is 5.73 Å². The van der Waals surface area contributed by atoms with Crippen LogP contribution < -0.4 is 11.1 Å². The first-order valence-corrected chi connectivity index (χ1v) is 3.77. The zero-order chi connectivity index (χ0) is 8.97. The Morgan fingerprint density at radius 1 is 1.42 bits per heavy atom. The summed E-state index contributed by atoms with van der Waals surface area (Å²) in [5.74, 6) is -0.299. The average molecular weight is 164 g/mol. The largest absolute Gasteiger partial charge is 0.388 e. The zero-order valence-electron chi connectivity index (χ0n) is 7.00. The third-order valence-corrected chi connectivity index (χ3v) is 1.62. The summed E-state index contributed by atoms with van der Waals surface area (Å²) in [4.78, 5) is 10.5. The molecule has 0 radical (unpaired) electrons. The minimum absolute atomic E-state index is 0.299. The number of amides is 1. The van der Waals surface area contributed by atoms with E-state index in [0.29, 0.717) is 6.42 Å². The fourth-order valence-corrected chi connectivity index (χ4v) is 0.990. The number of carbonyl (C=O) groups excluding carboxylic acids is 1. The molecule has 0 fully saturated rings. The molecule has 0 atom stereocenters. The molecule has 0 spiro atoms. The van der Waals surface area contributed by atoms with Crippen molar-refractivity contribution in [1.29, 1.82) is 0 Å². The molecule has 0 unspecified atom stereocenters. The summed E-state index contributed by atoms with van der Waals surface area (Å²) in [7, 11) is 1.85. The molecule has 12 heavy (non-hydrogen) atoms. The molecule has 0 aliphatic heterocycles. The second kappa shape index (κ2) is 3.76. The maximum Gasteiger partial charge on any atom is 0.221 e. The predicted octanol–water partition coefficient (Wildman–Crippen LogP) is 0.756. The number of anilines is 1. The van der Waals surface area contributed by atoms with Crippen LogP contribution in [0.15, 0.2) is 24.3 Å². The van der Waals surface area contributed by atoms with Gasteiger partial charge in [-0.3, -0.25) is 4.79 Å². The van der Waals surface area contributed by atoms with Gasteiger partial charge >= 0.3 is 0 Å². The SMILES string of the molecule is CNc1ccc(CC(N)=O)cc1. The summed E-state index contributed by atoms with van der Waals surface area (Å²) in [6, 6.07) is 7.60. The molecular weight excluding hydrogens is 152 g/mol. The van der Waals surface area contributed by atoms with E-state index in [1.54, 1.807) is 0 Å². The van der Waals surface area contributed by atoms with Gasteiger partial charge < -0.3 is 11.1 Å². The van der Waals surface area contributed by atoms with Gasteiger partial charge in [0.1, 0.15) is 0 Å². The van der Waals surface area contributed by atoms with Gasteiger partial charge in [-0.1, -0.05) is 12.1 Å². The van der Waals surface area contributed by atoms with E-state index in [-0.39, 0.29) is 5.91 Å². The molecule has 1 amide bonds. The van der Waals surface area contributed by atoms with Gasteiger partial charge in [0.05, 0.1) is 6.42 Å². The van der Waals surface area contributed by atoms with Gasteiger partial charge in [0.2, 0.25) is 5.91 Å². The highest BCUT2D eigenvalue weighted by Crippen LogP contribution is 2.08. The molecule has 3 heteroatoms. The summed E-state index contributed by atoms with van der Waals surface area (Å²) >= 11 is 0. The van der Waals surface area contributed by atoms with E-state index in [2.05, 4.69) is 5.32 Å². The number of rotatable bonds is 3. The van der Waals surface area contributed by atoms with Crippen LogP contribution in [0.1, 0.15) is 5.56 Å². The van der Waals surface area contributed by atoms with Crippen molar-refractivity contribution in [2.45, 2.75) is 6.42 Å². The Labute approximate surface area is 71.6 Å². The molecule has 0 aliphatic carbocycles. The molecule has 0 saturated carbocycles. The van der Waals surface area contributed by atoms with Gasteiger partial charge in [0, 0.05) is 12.7 Å². The zero-order valence-corrected chi connectivity index (χ0v) is 7.00. The minimum atomic E-state index is -0.299. The smallest absolute Gasteiger partial charge is 0.221 e. The van der Waals surface area contributed by atoms with Crippen LogP contribution in [0.2, 0.25) is 0 Å². The third-order valence-electron chi connectivity index (χ3n) is 1.62. The molecule has 3 N–H and O–H groups in total. The van der Waals surface area contributed by atoms with Crippen molar-refractivity contribution in [3.05, 3.63) is 29.8 Å². The quantitative estimate of drug-likeness (QED) is 0.692. The highest BCUT2D eigenvalue weighted by atomic mass is 16.1. The van der Waals surface area contributed by atoms with E-state index in [9.17, 15) is 4.79 Å². The van der Waals surface area contributed by atoms with Gasteiger partial charge in [-0.05, 0) is 17.7 Å². The lowest BCUT2D eigenvalue weighted by molar-refractivity contribution is -0.117. The van der Waals surface area contributed by atoms with Gasteiger partial charge in [0.15, 0.2) is 0 Å². The summed E-state index contributed by atoms with van der Waals surface area (Å²) in [5, 5.41) is 2.99. The Morgan fingerprint density at radius 3 is 2.42 bits per heavy atom. The number of nitrogens with one attached hydrogen (secondary N) is 1. The van der Waals surface area contributed by atoms with Gasteiger partial charge in [-0.25, -0.2) is 0 Å². The van der Waals surface area contributed by atoms with Gasteiger partial charge in [-0.15, -0.1) is 0 Å². The Bertz CT molecular complexity index is 266. The predicted molar refractivity (Wildman–Crippen MR) is 48.9 cm³/mol. The number of hydrogen-bond acceptors (Lipinski definition) is 2. The minimum Gasteiger partial charge on any atom is -0.388 e. The van der Waals surface area contributed by atoms with Crippen LogP contribution in [0.25, 0.3) is 0 Å². The third kappa shape index (κ3) is 2.27. The number of carbonyl (C=O) groups is 1. The lowest BCUT2D eigenvalue weighted by Gasteiger charge is -2.00. The number of nitrogens with two attached hydrogens (primary N) is 1. The maximum absolute atomic E-state index is 10.5. The summed E-state index contributed by atoms with van der Waals surface area (Å²) in [6.45, 7) is 0. The average Bonchev–Trinajstić information content (AvgIpc) is 2.05. The molecule has 0 saturated heterocycles. The molecule has 1 aromatic carbocycles. The lowest BCUT2D eigenvalue weighted by Crippen LogP contribution is -2.13.